The lowest BCUT2D eigenvalue weighted by Crippen LogP contribution is -2.41. The average Bonchev–Trinajstić information content (AvgIpc) is 2.43. The molecule has 0 aliphatic rings. The number of pyridine rings is 1. The second-order valence-electron chi connectivity index (χ2n) is 4.07. The maximum atomic E-state index is 11.7. The highest BCUT2D eigenvalue weighted by atomic mass is 16.5. The third-order valence-corrected chi connectivity index (χ3v) is 2.57. The van der Waals surface area contributed by atoms with E-state index >= 15 is 0 Å². The van der Waals surface area contributed by atoms with Crippen molar-refractivity contribution in [2.75, 3.05) is 7.11 Å². The van der Waals surface area contributed by atoms with E-state index in [0.29, 0.717) is 5.69 Å². The Morgan fingerprint density at radius 1 is 1.40 bits per heavy atom. The van der Waals surface area contributed by atoms with Gasteiger partial charge in [0.1, 0.15) is 6.04 Å². The molecule has 0 fully saturated rings. The molecular formula is C13H16N2O5. The van der Waals surface area contributed by atoms with Crippen molar-refractivity contribution in [1.82, 2.24) is 10.3 Å². The zero-order valence-electron chi connectivity index (χ0n) is 11.0. The lowest BCUT2D eigenvalue weighted by atomic mass is 10.1. The molecule has 7 heteroatoms. The van der Waals surface area contributed by atoms with Gasteiger partial charge in [-0.15, -0.1) is 0 Å². The second kappa shape index (κ2) is 7.88. The average molecular weight is 280 g/mol. The fourth-order valence-electron chi connectivity index (χ4n) is 1.53. The van der Waals surface area contributed by atoms with E-state index in [1.807, 2.05) is 0 Å². The van der Waals surface area contributed by atoms with Crippen molar-refractivity contribution in [1.29, 1.82) is 0 Å². The van der Waals surface area contributed by atoms with Gasteiger partial charge in [-0.1, -0.05) is 6.07 Å². The van der Waals surface area contributed by atoms with E-state index in [9.17, 15) is 14.4 Å². The summed E-state index contributed by atoms with van der Waals surface area (Å²) in [5.41, 5.74) is 0.544. The van der Waals surface area contributed by atoms with Gasteiger partial charge < -0.3 is 15.2 Å². The maximum Gasteiger partial charge on any atom is 0.326 e. The molecule has 108 valence electrons. The van der Waals surface area contributed by atoms with Crippen LogP contribution in [-0.2, 0) is 25.5 Å². The van der Waals surface area contributed by atoms with Crippen LogP contribution in [0.2, 0.25) is 0 Å². The number of methoxy groups -OCH3 is 1. The molecule has 1 heterocycles. The summed E-state index contributed by atoms with van der Waals surface area (Å²) in [6.45, 7) is 0. The summed E-state index contributed by atoms with van der Waals surface area (Å²) in [5.74, 6) is -2.17. The number of aromatic nitrogens is 1. The molecule has 1 atom stereocenters. The number of rotatable bonds is 7. The molecule has 1 amide bonds. The number of carbonyl (C=O) groups excluding carboxylic acids is 2. The molecule has 2 N–H and O–H groups in total. The van der Waals surface area contributed by atoms with Crippen LogP contribution in [-0.4, -0.2) is 41.1 Å². The largest absolute Gasteiger partial charge is 0.480 e. The van der Waals surface area contributed by atoms with Gasteiger partial charge >= 0.3 is 11.9 Å². The van der Waals surface area contributed by atoms with Gasteiger partial charge in [-0.05, 0) is 18.6 Å². The van der Waals surface area contributed by atoms with Gasteiger partial charge in [-0.25, -0.2) is 4.79 Å². The third kappa shape index (κ3) is 5.47. The lowest BCUT2D eigenvalue weighted by molar-refractivity contribution is -0.144. The van der Waals surface area contributed by atoms with Crippen LogP contribution < -0.4 is 5.32 Å². The van der Waals surface area contributed by atoms with Crippen molar-refractivity contribution in [3.05, 3.63) is 30.1 Å². The number of nitrogens with one attached hydrogen (secondary N) is 1. The van der Waals surface area contributed by atoms with Gasteiger partial charge in [-0.3, -0.25) is 14.6 Å². The fraction of sp³-hybridized carbons (Fsp3) is 0.385. The molecule has 0 aliphatic carbocycles. The monoisotopic (exact) mass is 280 g/mol. The molecule has 0 saturated heterocycles. The molecule has 1 aromatic heterocycles. The number of carbonyl (C=O) groups is 3. The normalized spacial score (nSPS) is 11.4. The molecule has 20 heavy (non-hydrogen) atoms. The second-order valence-corrected chi connectivity index (χ2v) is 4.07. The number of hydrogen-bond acceptors (Lipinski definition) is 5. The SMILES string of the molecule is COC(=O)CC[C@@H](NC(=O)Cc1ccccn1)C(=O)O. The zero-order valence-corrected chi connectivity index (χ0v) is 11.0. The van der Waals surface area contributed by atoms with Gasteiger partial charge in [0, 0.05) is 18.3 Å². The summed E-state index contributed by atoms with van der Waals surface area (Å²) in [7, 11) is 1.22. The fourth-order valence-corrected chi connectivity index (χ4v) is 1.53. The molecule has 1 rings (SSSR count). The summed E-state index contributed by atoms with van der Waals surface area (Å²) in [4.78, 5) is 37.7. The number of aliphatic carboxylic acids is 1. The van der Waals surface area contributed by atoms with Crippen LogP contribution in [0.1, 0.15) is 18.5 Å². The van der Waals surface area contributed by atoms with Crippen molar-refractivity contribution < 1.29 is 24.2 Å². The number of ether oxygens (including phenoxy) is 1. The first-order valence-electron chi connectivity index (χ1n) is 6.02. The lowest BCUT2D eigenvalue weighted by Gasteiger charge is -2.13. The maximum absolute atomic E-state index is 11.7. The standard InChI is InChI=1S/C13H16N2O5/c1-20-12(17)6-5-10(13(18)19)15-11(16)8-9-4-2-3-7-14-9/h2-4,7,10H,5-6,8H2,1H3,(H,15,16)(H,18,19)/t10-/m1/s1. The van der Waals surface area contributed by atoms with Crippen LogP contribution in [0.25, 0.3) is 0 Å². The number of carboxylic acid groups (broad SMARTS) is 1. The Bertz CT molecular complexity index is 475. The van der Waals surface area contributed by atoms with Gasteiger partial charge in [-0.2, -0.15) is 0 Å². The van der Waals surface area contributed by atoms with Crippen LogP contribution in [0.15, 0.2) is 24.4 Å². The summed E-state index contributed by atoms with van der Waals surface area (Å²) in [5, 5.41) is 11.3. The summed E-state index contributed by atoms with van der Waals surface area (Å²) in [6, 6.07) is 4.01. The van der Waals surface area contributed by atoms with Crippen LogP contribution in [0.5, 0.6) is 0 Å². The Kier molecular flexibility index (Phi) is 6.15. The Morgan fingerprint density at radius 3 is 2.70 bits per heavy atom. The quantitative estimate of drug-likeness (QED) is 0.688. The number of hydrogen-bond donors (Lipinski definition) is 2. The van der Waals surface area contributed by atoms with E-state index in [2.05, 4.69) is 15.0 Å². The highest BCUT2D eigenvalue weighted by Crippen LogP contribution is 2.01. The van der Waals surface area contributed by atoms with E-state index in [0.717, 1.165) is 0 Å². The van der Waals surface area contributed by atoms with Crippen LogP contribution >= 0.6 is 0 Å². The zero-order chi connectivity index (χ0) is 15.0. The Labute approximate surface area is 116 Å². The van der Waals surface area contributed by atoms with Crippen molar-refractivity contribution >= 4 is 17.8 Å². The van der Waals surface area contributed by atoms with E-state index < -0.39 is 23.9 Å². The summed E-state index contributed by atoms with van der Waals surface area (Å²) < 4.78 is 4.43. The molecule has 7 nitrogen and oxygen atoms in total. The van der Waals surface area contributed by atoms with Crippen LogP contribution in [0.4, 0.5) is 0 Å². The number of nitrogens with zero attached hydrogens (tertiary/aromatic N) is 1. The molecule has 0 spiro atoms. The minimum absolute atomic E-state index is 0.0111. The minimum Gasteiger partial charge on any atom is -0.480 e. The molecule has 0 bridgehead atoms. The first-order valence-corrected chi connectivity index (χ1v) is 6.02. The minimum atomic E-state index is -1.19. The number of carboxylic acids is 1. The summed E-state index contributed by atoms with van der Waals surface area (Å²) in [6.07, 6.45) is 1.45. The van der Waals surface area contributed by atoms with Gasteiger partial charge in [0.05, 0.1) is 13.5 Å². The highest BCUT2D eigenvalue weighted by molar-refractivity contribution is 5.85. The number of amides is 1. The van der Waals surface area contributed by atoms with Crippen LogP contribution in [0.3, 0.4) is 0 Å². The molecule has 1 aromatic rings. The van der Waals surface area contributed by atoms with Gasteiger partial charge in [0.15, 0.2) is 0 Å². The molecule has 0 unspecified atom stereocenters. The van der Waals surface area contributed by atoms with Crippen molar-refractivity contribution in [2.24, 2.45) is 0 Å². The Morgan fingerprint density at radius 2 is 2.15 bits per heavy atom. The van der Waals surface area contributed by atoms with Gasteiger partial charge in [0.25, 0.3) is 0 Å². The predicted octanol–water partition coefficient (Wildman–Crippen LogP) is 0.147. The summed E-state index contributed by atoms with van der Waals surface area (Å²) >= 11 is 0. The van der Waals surface area contributed by atoms with E-state index in [4.69, 9.17) is 5.11 Å². The van der Waals surface area contributed by atoms with Crippen molar-refractivity contribution in [3.8, 4) is 0 Å². The molecular weight excluding hydrogens is 264 g/mol. The van der Waals surface area contributed by atoms with E-state index in [-0.39, 0.29) is 19.3 Å². The van der Waals surface area contributed by atoms with Crippen molar-refractivity contribution in [3.63, 3.8) is 0 Å². The predicted molar refractivity (Wildman–Crippen MR) is 68.8 cm³/mol. The molecule has 0 aromatic carbocycles. The van der Waals surface area contributed by atoms with E-state index in [1.54, 1.807) is 24.4 Å². The molecule has 0 radical (unpaired) electrons. The smallest absolute Gasteiger partial charge is 0.326 e. The van der Waals surface area contributed by atoms with Crippen LogP contribution in [0, 0.1) is 0 Å². The number of esters is 1. The Balaban J connectivity index is 2.50. The van der Waals surface area contributed by atoms with Gasteiger partial charge in [0.2, 0.25) is 5.91 Å². The molecule has 0 aliphatic heterocycles. The topological polar surface area (TPSA) is 106 Å². The highest BCUT2D eigenvalue weighted by Gasteiger charge is 2.21. The van der Waals surface area contributed by atoms with Crippen molar-refractivity contribution in [2.45, 2.75) is 25.3 Å². The van der Waals surface area contributed by atoms with E-state index in [1.165, 1.54) is 7.11 Å². The Hall–Kier alpha value is -2.44. The third-order valence-electron chi connectivity index (χ3n) is 2.57. The first-order chi connectivity index (χ1) is 9.52. The first kappa shape index (κ1) is 15.6. The molecule has 0 saturated carbocycles.